The van der Waals surface area contributed by atoms with Crippen molar-refractivity contribution in [3.8, 4) is 0 Å². The summed E-state index contributed by atoms with van der Waals surface area (Å²) in [4.78, 5) is 42.6. The van der Waals surface area contributed by atoms with Gasteiger partial charge in [0.2, 0.25) is 5.91 Å². The Morgan fingerprint density at radius 2 is 1.58 bits per heavy atom. The molecule has 2 aromatic carbocycles. The van der Waals surface area contributed by atoms with Crippen LogP contribution in [0.2, 0.25) is 0 Å². The molecular weight excluding hydrogens is 570 g/mol. The predicted octanol–water partition coefficient (Wildman–Crippen LogP) is 6.02. The smallest absolute Gasteiger partial charge is 0.408 e. The van der Waals surface area contributed by atoms with Crippen LogP contribution in [0.3, 0.4) is 0 Å². The van der Waals surface area contributed by atoms with E-state index in [0.29, 0.717) is 45.3 Å². The van der Waals surface area contributed by atoms with Crippen LogP contribution in [0, 0.1) is 0 Å². The van der Waals surface area contributed by atoms with Crippen molar-refractivity contribution in [2.24, 2.45) is 0 Å². The van der Waals surface area contributed by atoms with Crippen molar-refractivity contribution in [3.05, 3.63) is 71.4 Å². The molecule has 0 bridgehead atoms. The molecule has 0 fully saturated rings. The minimum atomic E-state index is -0.756. The van der Waals surface area contributed by atoms with Crippen LogP contribution in [-0.2, 0) is 33.7 Å². The Morgan fingerprint density at radius 3 is 2.38 bits per heavy atom. The van der Waals surface area contributed by atoms with Gasteiger partial charge in [-0.3, -0.25) is 9.78 Å². The van der Waals surface area contributed by atoms with E-state index in [1.54, 1.807) is 20.8 Å². The van der Waals surface area contributed by atoms with E-state index in [9.17, 15) is 14.4 Å². The third-order valence-corrected chi connectivity index (χ3v) is 7.53. The molecule has 1 aliphatic rings. The van der Waals surface area contributed by atoms with Gasteiger partial charge in [0, 0.05) is 36.4 Å². The van der Waals surface area contributed by atoms with Gasteiger partial charge in [0.15, 0.2) is 0 Å². The number of nitrogens with one attached hydrogen (secondary N) is 4. The molecule has 0 unspecified atom stereocenters. The van der Waals surface area contributed by atoms with E-state index in [0.717, 1.165) is 41.4 Å². The monoisotopic (exact) mass is 617 g/mol. The molecule has 10 heteroatoms. The Labute approximate surface area is 266 Å². The third kappa shape index (κ3) is 11.0. The largest absolute Gasteiger partial charge is 0.445 e. The van der Waals surface area contributed by atoms with E-state index in [1.165, 1.54) is 17.7 Å². The number of benzene rings is 2. The van der Waals surface area contributed by atoms with Crippen LogP contribution in [0.1, 0.15) is 76.1 Å². The van der Waals surface area contributed by atoms with E-state index in [-0.39, 0.29) is 12.5 Å². The molecule has 0 saturated heterocycles. The Kier molecular flexibility index (Phi) is 12.4. The Bertz CT molecular complexity index is 1420. The number of carbonyl (C=O) groups excluding carboxylic acids is 3. The Balaban J connectivity index is 1.22. The number of ether oxygens (including phenoxy) is 2. The Hall–Kier alpha value is -4.34. The second-order valence-electron chi connectivity index (χ2n) is 12.4. The van der Waals surface area contributed by atoms with Gasteiger partial charge in [0.05, 0.1) is 5.52 Å². The number of alkyl carbamates (subject to hydrolysis) is 2. The highest BCUT2D eigenvalue weighted by atomic mass is 16.6. The number of anilines is 1. The number of fused-ring (bicyclic) bond motifs is 2. The number of amides is 3. The first-order valence-electron chi connectivity index (χ1n) is 16.1. The standard InChI is InChI=1S/C35H47N5O5/c1-35(2,3)45-34(43)40-30(20-11-12-21-38-33(42)44-24-25-14-5-4-6-15-25)32(41)37-23-13-22-36-31-26-16-7-9-18-28(26)39-29-19-10-8-17-27(29)31/h4-7,9,14-16,18,30H,8,10-13,17,19-24H2,1-3H3,(H,36,39)(H,37,41)(H,38,42)(H,40,43)/t30-/m0/s1. The van der Waals surface area contributed by atoms with Crippen LogP contribution in [-0.4, -0.2) is 54.4 Å². The molecule has 4 N–H and O–H groups in total. The highest BCUT2D eigenvalue weighted by Crippen LogP contribution is 2.33. The van der Waals surface area contributed by atoms with Gasteiger partial charge in [0.25, 0.3) is 0 Å². The summed E-state index contributed by atoms with van der Waals surface area (Å²) in [5.74, 6) is -0.261. The zero-order valence-corrected chi connectivity index (χ0v) is 26.7. The number of nitrogens with zero attached hydrogens (tertiary/aromatic N) is 1. The maximum absolute atomic E-state index is 13.1. The molecule has 3 aromatic rings. The second kappa shape index (κ2) is 16.7. The lowest BCUT2D eigenvalue weighted by Gasteiger charge is -2.23. The van der Waals surface area contributed by atoms with Gasteiger partial charge in [0.1, 0.15) is 18.2 Å². The minimum absolute atomic E-state index is 0.200. The first-order chi connectivity index (χ1) is 21.7. The number of pyridine rings is 1. The van der Waals surface area contributed by atoms with Crippen LogP contribution in [0.4, 0.5) is 15.3 Å². The second-order valence-corrected chi connectivity index (χ2v) is 12.4. The fourth-order valence-electron chi connectivity index (χ4n) is 5.37. The number of hydrogen-bond acceptors (Lipinski definition) is 7. The molecule has 242 valence electrons. The molecule has 0 spiro atoms. The average Bonchev–Trinajstić information content (AvgIpc) is 3.02. The van der Waals surface area contributed by atoms with Crippen molar-refractivity contribution in [3.63, 3.8) is 0 Å². The lowest BCUT2D eigenvalue weighted by atomic mass is 9.92. The van der Waals surface area contributed by atoms with Gasteiger partial charge in [-0.1, -0.05) is 48.5 Å². The van der Waals surface area contributed by atoms with Gasteiger partial charge in [-0.05, 0) is 89.3 Å². The molecule has 10 nitrogen and oxygen atoms in total. The van der Waals surface area contributed by atoms with E-state index >= 15 is 0 Å². The number of aromatic nitrogens is 1. The summed E-state index contributed by atoms with van der Waals surface area (Å²) in [6, 6.07) is 16.9. The summed E-state index contributed by atoms with van der Waals surface area (Å²) in [7, 11) is 0. The van der Waals surface area contributed by atoms with Crippen molar-refractivity contribution in [1.82, 2.24) is 20.9 Å². The van der Waals surface area contributed by atoms with Crippen LogP contribution in [0.25, 0.3) is 10.9 Å². The number of rotatable bonds is 14. The third-order valence-electron chi connectivity index (χ3n) is 7.53. The predicted molar refractivity (Wildman–Crippen MR) is 176 cm³/mol. The number of unbranched alkanes of at least 4 members (excludes halogenated alkanes) is 1. The van der Waals surface area contributed by atoms with Crippen molar-refractivity contribution in [1.29, 1.82) is 0 Å². The zero-order valence-electron chi connectivity index (χ0n) is 26.7. The van der Waals surface area contributed by atoms with Gasteiger partial charge < -0.3 is 30.7 Å². The van der Waals surface area contributed by atoms with E-state index in [2.05, 4.69) is 33.4 Å². The number of aryl methyl sites for hydroxylation is 1. The lowest BCUT2D eigenvalue weighted by molar-refractivity contribution is -0.123. The van der Waals surface area contributed by atoms with Crippen LogP contribution in [0.15, 0.2) is 54.6 Å². The Morgan fingerprint density at radius 1 is 0.844 bits per heavy atom. The maximum atomic E-state index is 13.1. The summed E-state index contributed by atoms with van der Waals surface area (Å²) in [5.41, 5.74) is 4.88. The zero-order chi connectivity index (χ0) is 32.1. The lowest BCUT2D eigenvalue weighted by Crippen LogP contribution is -2.48. The van der Waals surface area contributed by atoms with Gasteiger partial charge in [-0.25, -0.2) is 9.59 Å². The van der Waals surface area contributed by atoms with Crippen molar-refractivity contribution >= 4 is 34.7 Å². The van der Waals surface area contributed by atoms with Gasteiger partial charge in [-0.2, -0.15) is 0 Å². The van der Waals surface area contributed by atoms with E-state index in [1.807, 2.05) is 42.5 Å². The van der Waals surface area contributed by atoms with Crippen LogP contribution in [0.5, 0.6) is 0 Å². The summed E-state index contributed by atoms with van der Waals surface area (Å²) in [5, 5.41) is 13.2. The number of hydrogen-bond donors (Lipinski definition) is 4. The highest BCUT2D eigenvalue weighted by molar-refractivity contribution is 5.93. The molecule has 1 aliphatic carbocycles. The molecular formula is C35H47N5O5. The van der Waals surface area contributed by atoms with Crippen LogP contribution >= 0.6 is 0 Å². The molecule has 3 amide bonds. The van der Waals surface area contributed by atoms with Gasteiger partial charge >= 0.3 is 12.2 Å². The first-order valence-corrected chi connectivity index (χ1v) is 16.1. The van der Waals surface area contributed by atoms with Crippen molar-refractivity contribution < 1.29 is 23.9 Å². The molecule has 0 saturated carbocycles. The SMILES string of the molecule is CC(C)(C)OC(=O)N[C@@H](CCCCNC(=O)OCc1ccccc1)C(=O)NCCCNc1c2c(nc3ccccc13)CCCC2. The van der Waals surface area contributed by atoms with Crippen LogP contribution < -0.4 is 21.3 Å². The topological polar surface area (TPSA) is 131 Å². The maximum Gasteiger partial charge on any atom is 0.408 e. The quantitative estimate of drug-likeness (QED) is 0.163. The van der Waals surface area contributed by atoms with E-state index in [4.69, 9.17) is 14.5 Å². The fourth-order valence-corrected chi connectivity index (χ4v) is 5.37. The summed E-state index contributed by atoms with van der Waals surface area (Å²) in [6.07, 6.45) is 5.57. The van der Waals surface area contributed by atoms with Crippen molar-refractivity contribution in [2.75, 3.05) is 25.0 Å². The number of carbonyl (C=O) groups is 3. The minimum Gasteiger partial charge on any atom is -0.445 e. The number of para-hydroxylation sites is 1. The fraction of sp³-hybridized carbons (Fsp3) is 0.486. The van der Waals surface area contributed by atoms with E-state index < -0.39 is 23.8 Å². The van der Waals surface area contributed by atoms with Crippen molar-refractivity contribution in [2.45, 2.75) is 90.4 Å². The molecule has 1 atom stereocenters. The molecule has 0 radical (unpaired) electrons. The first kappa shape index (κ1) is 33.6. The molecule has 4 rings (SSSR count). The molecule has 0 aliphatic heterocycles. The van der Waals surface area contributed by atoms with Gasteiger partial charge in [-0.15, -0.1) is 0 Å². The summed E-state index contributed by atoms with van der Waals surface area (Å²) >= 11 is 0. The molecule has 1 heterocycles. The highest BCUT2D eigenvalue weighted by Gasteiger charge is 2.24. The average molecular weight is 618 g/mol. The summed E-state index contributed by atoms with van der Waals surface area (Å²) in [6.45, 7) is 7.08. The molecule has 45 heavy (non-hydrogen) atoms. The summed E-state index contributed by atoms with van der Waals surface area (Å²) < 4.78 is 10.6. The normalized spacial score (nSPS) is 13.3. The molecule has 1 aromatic heterocycles.